The lowest BCUT2D eigenvalue weighted by atomic mass is 9.78. The van der Waals surface area contributed by atoms with Gasteiger partial charge in [-0.2, -0.15) is 9.97 Å². The molecule has 7 heteroatoms. The molecule has 0 bridgehead atoms. The molecule has 0 radical (unpaired) electrons. The maximum Gasteiger partial charge on any atom is 0.229 e. The van der Waals surface area contributed by atoms with E-state index < -0.39 is 0 Å². The Labute approximate surface area is 183 Å². The van der Waals surface area contributed by atoms with Gasteiger partial charge in [-0.1, -0.05) is 18.2 Å². The summed E-state index contributed by atoms with van der Waals surface area (Å²) in [6.45, 7) is 6.33. The highest BCUT2D eigenvalue weighted by Crippen LogP contribution is 2.48. The number of benzene rings is 1. The third-order valence-electron chi connectivity index (χ3n) is 7.34. The molecular weight excluding hydrogens is 398 g/mol. The highest BCUT2D eigenvalue weighted by atomic mass is 35.5. The molecule has 160 valence electrons. The number of aryl methyl sites for hydroxylation is 1. The molecule has 1 spiro atoms. The lowest BCUT2D eigenvalue weighted by Gasteiger charge is -2.49. The van der Waals surface area contributed by atoms with E-state index in [1.165, 1.54) is 50.8 Å². The summed E-state index contributed by atoms with van der Waals surface area (Å²) in [5, 5.41) is 0.292. The van der Waals surface area contributed by atoms with Crippen LogP contribution < -0.4 is 9.64 Å². The SMILES string of the molecule is COc1ccccc1C1CCN(C2CCC3(C2)CN(c2nc(C)nc(Cl)n2)C3)CC1. The molecule has 2 saturated heterocycles. The van der Waals surface area contributed by atoms with Crippen molar-refractivity contribution in [3.05, 3.63) is 40.9 Å². The van der Waals surface area contributed by atoms with Crippen molar-refractivity contribution in [2.24, 2.45) is 5.41 Å². The quantitative estimate of drug-likeness (QED) is 0.732. The number of anilines is 1. The number of ether oxygens (including phenoxy) is 1. The number of rotatable bonds is 4. The number of halogens is 1. The lowest BCUT2D eigenvalue weighted by Crippen LogP contribution is -2.56. The predicted octanol–water partition coefficient (Wildman–Crippen LogP) is 4.08. The van der Waals surface area contributed by atoms with Crippen LogP contribution in [0.1, 0.15) is 49.4 Å². The van der Waals surface area contributed by atoms with Crippen LogP contribution in [-0.4, -0.2) is 59.2 Å². The fourth-order valence-corrected chi connectivity index (χ4v) is 6.03. The minimum absolute atomic E-state index is 0.292. The molecule has 1 saturated carbocycles. The van der Waals surface area contributed by atoms with Gasteiger partial charge in [-0.25, -0.2) is 4.98 Å². The van der Waals surface area contributed by atoms with Gasteiger partial charge in [0.15, 0.2) is 0 Å². The maximum absolute atomic E-state index is 6.02. The van der Waals surface area contributed by atoms with Crippen LogP contribution in [0.25, 0.3) is 0 Å². The first kappa shape index (κ1) is 20.0. The second-order valence-corrected chi connectivity index (χ2v) is 9.59. The van der Waals surface area contributed by atoms with Crippen molar-refractivity contribution in [3.8, 4) is 5.75 Å². The Morgan fingerprint density at radius 3 is 2.57 bits per heavy atom. The van der Waals surface area contributed by atoms with Gasteiger partial charge in [-0.05, 0) is 81.3 Å². The molecule has 1 aromatic heterocycles. The van der Waals surface area contributed by atoms with E-state index in [9.17, 15) is 0 Å². The zero-order valence-electron chi connectivity index (χ0n) is 17.9. The monoisotopic (exact) mass is 427 g/mol. The third kappa shape index (κ3) is 3.76. The van der Waals surface area contributed by atoms with E-state index in [-0.39, 0.29) is 0 Å². The van der Waals surface area contributed by atoms with Gasteiger partial charge in [0, 0.05) is 24.5 Å². The van der Waals surface area contributed by atoms with Crippen molar-refractivity contribution in [2.75, 3.05) is 38.2 Å². The Morgan fingerprint density at radius 1 is 1.07 bits per heavy atom. The van der Waals surface area contributed by atoms with Crippen molar-refractivity contribution in [3.63, 3.8) is 0 Å². The van der Waals surface area contributed by atoms with Gasteiger partial charge < -0.3 is 14.5 Å². The number of nitrogens with zero attached hydrogens (tertiary/aromatic N) is 5. The summed E-state index contributed by atoms with van der Waals surface area (Å²) in [5.41, 5.74) is 1.81. The molecular formula is C23H30ClN5O. The maximum atomic E-state index is 6.02. The van der Waals surface area contributed by atoms with E-state index in [2.05, 4.69) is 49.0 Å². The topological polar surface area (TPSA) is 54.4 Å². The average molecular weight is 428 g/mol. The summed E-state index contributed by atoms with van der Waals surface area (Å²) in [5.74, 6) is 3.08. The van der Waals surface area contributed by atoms with E-state index in [4.69, 9.17) is 16.3 Å². The fraction of sp³-hybridized carbons (Fsp3) is 0.609. The van der Waals surface area contributed by atoms with Crippen LogP contribution in [0.2, 0.25) is 5.28 Å². The van der Waals surface area contributed by atoms with Crippen LogP contribution >= 0.6 is 11.6 Å². The molecule has 2 aromatic rings. The molecule has 3 heterocycles. The molecule has 1 aromatic carbocycles. The van der Waals surface area contributed by atoms with Crippen LogP contribution in [0.5, 0.6) is 5.75 Å². The van der Waals surface area contributed by atoms with E-state index in [0.29, 0.717) is 22.4 Å². The smallest absolute Gasteiger partial charge is 0.229 e. The van der Waals surface area contributed by atoms with E-state index in [0.717, 1.165) is 30.8 Å². The van der Waals surface area contributed by atoms with Crippen LogP contribution in [0.4, 0.5) is 5.95 Å². The molecule has 1 atom stereocenters. The standard InChI is InChI=1S/C23H30ClN5O/c1-16-25-21(24)27-22(26-16)29-14-23(15-29)10-7-18(13-23)28-11-8-17(9-12-28)19-5-3-4-6-20(19)30-2/h3-6,17-18H,7-15H2,1-2H3. The molecule has 1 unspecified atom stereocenters. The Morgan fingerprint density at radius 2 is 1.83 bits per heavy atom. The minimum atomic E-state index is 0.292. The molecule has 3 fully saturated rings. The molecule has 30 heavy (non-hydrogen) atoms. The van der Waals surface area contributed by atoms with Gasteiger partial charge in [0.1, 0.15) is 11.6 Å². The number of para-hydroxylation sites is 1. The molecule has 1 aliphatic carbocycles. The summed E-state index contributed by atoms with van der Waals surface area (Å²) in [6, 6.07) is 9.24. The van der Waals surface area contributed by atoms with Crippen molar-refractivity contribution in [2.45, 2.75) is 51.0 Å². The van der Waals surface area contributed by atoms with Gasteiger partial charge >= 0.3 is 0 Å². The van der Waals surface area contributed by atoms with Gasteiger partial charge in [-0.15, -0.1) is 0 Å². The number of methoxy groups -OCH3 is 1. The van der Waals surface area contributed by atoms with Crippen LogP contribution in [0.15, 0.2) is 24.3 Å². The van der Waals surface area contributed by atoms with Crippen molar-refractivity contribution < 1.29 is 4.74 Å². The first-order valence-electron chi connectivity index (χ1n) is 11.1. The molecule has 6 nitrogen and oxygen atoms in total. The number of piperidine rings is 1. The second kappa shape index (κ2) is 7.97. The summed E-state index contributed by atoms with van der Waals surface area (Å²) in [6.07, 6.45) is 6.35. The average Bonchev–Trinajstić information content (AvgIpc) is 3.18. The van der Waals surface area contributed by atoms with Crippen molar-refractivity contribution in [1.82, 2.24) is 19.9 Å². The van der Waals surface area contributed by atoms with Crippen LogP contribution in [0.3, 0.4) is 0 Å². The second-order valence-electron chi connectivity index (χ2n) is 9.26. The zero-order valence-corrected chi connectivity index (χ0v) is 18.6. The summed E-state index contributed by atoms with van der Waals surface area (Å²) in [4.78, 5) is 17.9. The molecule has 5 rings (SSSR count). The summed E-state index contributed by atoms with van der Waals surface area (Å²) >= 11 is 6.02. The molecule has 3 aliphatic rings. The van der Waals surface area contributed by atoms with E-state index in [1.54, 1.807) is 7.11 Å². The Hall–Kier alpha value is -1.92. The van der Waals surface area contributed by atoms with Crippen LogP contribution in [0, 0.1) is 12.3 Å². The van der Waals surface area contributed by atoms with E-state index in [1.807, 2.05) is 6.92 Å². The minimum Gasteiger partial charge on any atom is -0.496 e. The molecule has 0 amide bonds. The first-order valence-corrected chi connectivity index (χ1v) is 11.4. The molecule has 0 N–H and O–H groups in total. The largest absolute Gasteiger partial charge is 0.496 e. The van der Waals surface area contributed by atoms with Gasteiger partial charge in [0.25, 0.3) is 0 Å². The Bertz CT molecular complexity index is 888. The normalized spacial score (nSPS) is 24.2. The Balaban J connectivity index is 1.16. The first-order chi connectivity index (χ1) is 14.5. The van der Waals surface area contributed by atoms with Gasteiger partial charge in [-0.3, -0.25) is 0 Å². The number of aromatic nitrogens is 3. The van der Waals surface area contributed by atoms with Gasteiger partial charge in [0.05, 0.1) is 7.11 Å². The summed E-state index contributed by atoms with van der Waals surface area (Å²) < 4.78 is 5.60. The van der Waals surface area contributed by atoms with Crippen molar-refractivity contribution in [1.29, 1.82) is 0 Å². The van der Waals surface area contributed by atoms with Crippen molar-refractivity contribution >= 4 is 17.5 Å². The molecule has 2 aliphatic heterocycles. The Kier molecular flexibility index (Phi) is 5.31. The van der Waals surface area contributed by atoms with E-state index >= 15 is 0 Å². The van der Waals surface area contributed by atoms with Gasteiger partial charge in [0.2, 0.25) is 11.2 Å². The zero-order chi connectivity index (χ0) is 20.7. The lowest BCUT2D eigenvalue weighted by molar-refractivity contribution is 0.131. The number of hydrogen-bond acceptors (Lipinski definition) is 6. The highest BCUT2D eigenvalue weighted by Gasteiger charge is 2.50. The highest BCUT2D eigenvalue weighted by molar-refractivity contribution is 6.28. The van der Waals surface area contributed by atoms with Crippen LogP contribution in [-0.2, 0) is 0 Å². The summed E-state index contributed by atoms with van der Waals surface area (Å²) in [7, 11) is 1.78. The predicted molar refractivity (Wildman–Crippen MR) is 118 cm³/mol. The fourth-order valence-electron chi connectivity index (χ4n) is 5.84. The number of likely N-dealkylation sites (tertiary alicyclic amines) is 1. The third-order valence-corrected chi connectivity index (χ3v) is 7.51. The number of hydrogen-bond donors (Lipinski definition) is 0.